The minimum absolute atomic E-state index is 0.0703. The lowest BCUT2D eigenvalue weighted by molar-refractivity contribution is -0.118. The first-order chi connectivity index (χ1) is 15.9. The summed E-state index contributed by atoms with van der Waals surface area (Å²) in [5, 5.41) is 3.24. The fourth-order valence-electron chi connectivity index (χ4n) is 3.79. The third-order valence-corrected chi connectivity index (χ3v) is 5.38. The molecule has 1 amide bonds. The number of H-pyrrole nitrogens is 1. The molecule has 1 aromatic carbocycles. The standard InChI is InChI=1S/C24H36FN5O4/c1-15(2)14-30-21(26)19(22(32)28-23(30)33)29(11-12-34-6)18(31)13-27-20(24(3,4)5)16-7-9-17(25)10-8-16/h7-10,15,20,27H,11-14,26H2,1-6H3,(H,28,32,33). The smallest absolute Gasteiger partial charge is 0.330 e. The van der Waals surface area contributed by atoms with E-state index >= 15 is 0 Å². The van der Waals surface area contributed by atoms with Gasteiger partial charge in [-0.1, -0.05) is 46.8 Å². The van der Waals surface area contributed by atoms with E-state index in [1.165, 1.54) is 28.7 Å². The van der Waals surface area contributed by atoms with Crippen molar-refractivity contribution in [2.45, 2.75) is 47.2 Å². The number of rotatable bonds is 10. The summed E-state index contributed by atoms with van der Waals surface area (Å²) >= 11 is 0. The molecule has 34 heavy (non-hydrogen) atoms. The van der Waals surface area contributed by atoms with Crippen LogP contribution in [-0.4, -0.2) is 42.3 Å². The summed E-state index contributed by atoms with van der Waals surface area (Å²) in [4.78, 5) is 41.9. The number of amides is 1. The Morgan fingerprint density at radius 1 is 1.24 bits per heavy atom. The number of ether oxygens (including phenoxy) is 1. The molecule has 10 heteroatoms. The van der Waals surface area contributed by atoms with Crippen LogP contribution in [0.2, 0.25) is 0 Å². The van der Waals surface area contributed by atoms with E-state index < -0.39 is 17.2 Å². The number of nitrogens with zero attached hydrogens (tertiary/aromatic N) is 2. The van der Waals surface area contributed by atoms with Gasteiger partial charge in [-0.25, -0.2) is 9.18 Å². The molecule has 0 bridgehead atoms. The number of methoxy groups -OCH3 is 1. The Morgan fingerprint density at radius 3 is 2.38 bits per heavy atom. The van der Waals surface area contributed by atoms with Gasteiger partial charge in [0.15, 0.2) is 5.69 Å². The van der Waals surface area contributed by atoms with E-state index in [0.29, 0.717) is 0 Å². The molecule has 1 aromatic heterocycles. The van der Waals surface area contributed by atoms with Gasteiger partial charge in [0, 0.05) is 26.2 Å². The first kappa shape index (κ1) is 27.3. The molecule has 1 unspecified atom stereocenters. The summed E-state index contributed by atoms with van der Waals surface area (Å²) in [6.07, 6.45) is 0. The minimum atomic E-state index is -0.738. The summed E-state index contributed by atoms with van der Waals surface area (Å²) in [5.41, 5.74) is 5.31. The molecule has 9 nitrogen and oxygen atoms in total. The van der Waals surface area contributed by atoms with Crippen LogP contribution in [0.15, 0.2) is 33.9 Å². The Bertz CT molecular complexity index is 1090. The molecule has 1 heterocycles. The van der Waals surface area contributed by atoms with Gasteiger partial charge in [-0.2, -0.15) is 0 Å². The molecule has 2 rings (SSSR count). The van der Waals surface area contributed by atoms with Crippen LogP contribution in [0.5, 0.6) is 0 Å². The number of hydrogen-bond acceptors (Lipinski definition) is 6. The third kappa shape index (κ3) is 6.77. The maximum absolute atomic E-state index is 13.4. The zero-order chi connectivity index (χ0) is 25.6. The van der Waals surface area contributed by atoms with Gasteiger partial charge in [-0.3, -0.25) is 19.1 Å². The van der Waals surface area contributed by atoms with Crippen molar-refractivity contribution in [2.24, 2.45) is 11.3 Å². The molecule has 2 aromatic rings. The minimum Gasteiger partial charge on any atom is -0.383 e. The van der Waals surface area contributed by atoms with E-state index in [1.54, 1.807) is 12.1 Å². The highest BCUT2D eigenvalue weighted by atomic mass is 19.1. The summed E-state index contributed by atoms with van der Waals surface area (Å²) < 4.78 is 19.8. The maximum atomic E-state index is 13.4. The summed E-state index contributed by atoms with van der Waals surface area (Å²) in [6, 6.07) is 5.83. The van der Waals surface area contributed by atoms with Gasteiger partial charge < -0.3 is 20.7 Å². The Kier molecular flexibility index (Phi) is 9.17. The fraction of sp³-hybridized carbons (Fsp3) is 0.542. The predicted molar refractivity (Wildman–Crippen MR) is 131 cm³/mol. The zero-order valence-corrected chi connectivity index (χ0v) is 20.8. The number of aromatic nitrogens is 2. The van der Waals surface area contributed by atoms with Crippen LogP contribution in [-0.2, 0) is 16.1 Å². The van der Waals surface area contributed by atoms with Crippen molar-refractivity contribution >= 4 is 17.4 Å². The molecule has 0 saturated carbocycles. The molecular formula is C24H36FN5O4. The van der Waals surface area contributed by atoms with Crippen molar-refractivity contribution in [1.29, 1.82) is 0 Å². The number of benzene rings is 1. The van der Waals surface area contributed by atoms with Gasteiger partial charge in [-0.05, 0) is 29.0 Å². The molecule has 0 aliphatic heterocycles. The van der Waals surface area contributed by atoms with Crippen LogP contribution in [0, 0.1) is 17.2 Å². The number of hydrogen-bond donors (Lipinski definition) is 3. The van der Waals surface area contributed by atoms with Gasteiger partial charge in [0.25, 0.3) is 5.56 Å². The quantitative estimate of drug-likeness (QED) is 0.483. The zero-order valence-electron chi connectivity index (χ0n) is 20.8. The Hall–Kier alpha value is -2.98. The molecule has 0 aliphatic carbocycles. The van der Waals surface area contributed by atoms with Crippen LogP contribution in [0.3, 0.4) is 0 Å². The highest BCUT2D eigenvalue weighted by Gasteiger charge is 2.29. The number of nitrogens with one attached hydrogen (secondary N) is 2. The summed E-state index contributed by atoms with van der Waals surface area (Å²) in [6.45, 7) is 10.2. The molecule has 0 spiro atoms. The van der Waals surface area contributed by atoms with Crippen LogP contribution < -0.4 is 27.2 Å². The molecule has 0 radical (unpaired) electrons. The number of carbonyl (C=O) groups is 1. The number of carbonyl (C=O) groups excluding carboxylic acids is 1. The van der Waals surface area contributed by atoms with E-state index in [1.807, 2.05) is 34.6 Å². The first-order valence-corrected chi connectivity index (χ1v) is 11.3. The van der Waals surface area contributed by atoms with E-state index in [0.717, 1.165) is 5.56 Å². The molecule has 4 N–H and O–H groups in total. The average Bonchev–Trinajstić information content (AvgIpc) is 2.73. The van der Waals surface area contributed by atoms with Gasteiger partial charge in [-0.15, -0.1) is 0 Å². The topological polar surface area (TPSA) is 122 Å². The number of nitrogens with two attached hydrogens (primary N) is 1. The first-order valence-electron chi connectivity index (χ1n) is 11.3. The highest BCUT2D eigenvalue weighted by Crippen LogP contribution is 2.32. The number of aromatic amines is 1. The van der Waals surface area contributed by atoms with Gasteiger partial charge in [0.1, 0.15) is 11.6 Å². The largest absolute Gasteiger partial charge is 0.383 e. The summed E-state index contributed by atoms with van der Waals surface area (Å²) in [5.74, 6) is -0.741. The normalized spacial score (nSPS) is 12.7. The second-order valence-corrected chi connectivity index (χ2v) is 9.77. The number of halogens is 1. The van der Waals surface area contributed by atoms with Crippen molar-refractivity contribution in [3.63, 3.8) is 0 Å². The van der Waals surface area contributed by atoms with Crippen LogP contribution >= 0.6 is 0 Å². The molecule has 1 atom stereocenters. The molecular weight excluding hydrogens is 441 g/mol. The van der Waals surface area contributed by atoms with Crippen molar-refractivity contribution in [3.05, 3.63) is 56.5 Å². The van der Waals surface area contributed by atoms with Gasteiger partial charge in [0.2, 0.25) is 5.91 Å². The van der Waals surface area contributed by atoms with Crippen molar-refractivity contribution in [2.75, 3.05) is 37.4 Å². The van der Waals surface area contributed by atoms with E-state index in [2.05, 4.69) is 10.3 Å². The van der Waals surface area contributed by atoms with Crippen molar-refractivity contribution in [3.8, 4) is 0 Å². The Labute approximate surface area is 199 Å². The lowest BCUT2D eigenvalue weighted by atomic mass is 9.82. The molecule has 0 aliphatic rings. The van der Waals surface area contributed by atoms with Gasteiger partial charge in [0.05, 0.1) is 13.2 Å². The SMILES string of the molecule is COCCN(C(=O)CNC(c1ccc(F)cc1)C(C)(C)C)c1c(N)n(CC(C)C)c(=O)[nH]c1=O. The third-order valence-electron chi connectivity index (χ3n) is 5.38. The summed E-state index contributed by atoms with van der Waals surface area (Å²) in [7, 11) is 1.48. The molecule has 0 fully saturated rings. The number of anilines is 2. The van der Waals surface area contributed by atoms with E-state index in [-0.39, 0.29) is 60.9 Å². The number of nitrogen functional groups attached to an aromatic ring is 1. The average molecular weight is 478 g/mol. The molecule has 188 valence electrons. The van der Waals surface area contributed by atoms with E-state index in [4.69, 9.17) is 10.5 Å². The lowest BCUT2D eigenvalue weighted by Crippen LogP contribution is -2.47. The van der Waals surface area contributed by atoms with Crippen LogP contribution in [0.25, 0.3) is 0 Å². The lowest BCUT2D eigenvalue weighted by Gasteiger charge is -2.33. The Morgan fingerprint density at radius 2 is 1.85 bits per heavy atom. The second-order valence-electron chi connectivity index (χ2n) is 9.77. The monoisotopic (exact) mass is 477 g/mol. The second kappa shape index (κ2) is 11.4. The van der Waals surface area contributed by atoms with E-state index in [9.17, 15) is 18.8 Å². The van der Waals surface area contributed by atoms with Crippen LogP contribution in [0.1, 0.15) is 46.2 Å². The predicted octanol–water partition coefficient (Wildman–Crippen LogP) is 2.27. The molecule has 0 saturated heterocycles. The van der Waals surface area contributed by atoms with Gasteiger partial charge >= 0.3 is 5.69 Å². The van der Waals surface area contributed by atoms with Crippen molar-refractivity contribution in [1.82, 2.24) is 14.9 Å². The van der Waals surface area contributed by atoms with Crippen molar-refractivity contribution < 1.29 is 13.9 Å². The Balaban J connectivity index is 2.40. The van der Waals surface area contributed by atoms with Crippen LogP contribution in [0.4, 0.5) is 15.9 Å². The maximum Gasteiger partial charge on any atom is 0.330 e. The fourth-order valence-corrected chi connectivity index (χ4v) is 3.79. The highest BCUT2D eigenvalue weighted by molar-refractivity contribution is 5.96.